The predicted octanol–water partition coefficient (Wildman–Crippen LogP) is 3.05. The quantitative estimate of drug-likeness (QED) is 0.315. The van der Waals surface area contributed by atoms with Gasteiger partial charge < -0.3 is 25.8 Å². The van der Waals surface area contributed by atoms with Crippen LogP contribution in [0.4, 0.5) is 11.4 Å². The predicted molar refractivity (Wildman–Crippen MR) is 119 cm³/mol. The van der Waals surface area contributed by atoms with E-state index in [1.54, 1.807) is 49.1 Å². The summed E-state index contributed by atoms with van der Waals surface area (Å²) in [6.07, 6.45) is 5.36. The van der Waals surface area contributed by atoms with Crippen LogP contribution in [0.2, 0.25) is 0 Å². The lowest BCUT2D eigenvalue weighted by molar-refractivity contribution is 0.0916. The Hall–Kier alpha value is -3.91. The first-order chi connectivity index (χ1) is 15.0. The molecule has 0 saturated carbocycles. The minimum atomic E-state index is -0.440. The first-order valence-corrected chi connectivity index (χ1v) is 9.88. The minimum absolute atomic E-state index is 0.166. The molecule has 31 heavy (non-hydrogen) atoms. The van der Waals surface area contributed by atoms with Crippen LogP contribution in [0, 0.1) is 6.92 Å². The molecule has 0 spiro atoms. The van der Waals surface area contributed by atoms with E-state index in [4.69, 9.17) is 0 Å². The zero-order valence-electron chi connectivity index (χ0n) is 17.0. The summed E-state index contributed by atoms with van der Waals surface area (Å²) >= 11 is 0. The topological polar surface area (TPSA) is 123 Å². The van der Waals surface area contributed by atoms with Gasteiger partial charge in [0.15, 0.2) is 0 Å². The highest BCUT2D eigenvalue weighted by Gasteiger charge is 2.16. The Morgan fingerprint density at radius 3 is 2.81 bits per heavy atom. The molecule has 0 aliphatic rings. The van der Waals surface area contributed by atoms with Gasteiger partial charge in [0.25, 0.3) is 5.91 Å². The van der Waals surface area contributed by atoms with Gasteiger partial charge in [-0.3, -0.25) is 9.78 Å². The Balaban J connectivity index is 1.60. The Morgan fingerprint density at radius 2 is 2.03 bits per heavy atom. The Morgan fingerprint density at radius 1 is 1.16 bits per heavy atom. The molecule has 8 nitrogen and oxygen atoms in total. The van der Waals surface area contributed by atoms with Crippen LogP contribution < -0.4 is 10.6 Å². The molecule has 0 bridgehead atoms. The lowest BCUT2D eigenvalue weighted by Crippen LogP contribution is -2.39. The number of aromatic hydroxyl groups is 1. The molecule has 1 amide bonds. The summed E-state index contributed by atoms with van der Waals surface area (Å²) in [6.45, 7) is 1.75. The fraction of sp³-hybridized carbons (Fsp3) is 0.174. The molecule has 0 saturated heterocycles. The molecule has 0 aliphatic carbocycles. The highest BCUT2D eigenvalue weighted by atomic mass is 16.3. The number of amides is 1. The van der Waals surface area contributed by atoms with Crippen molar-refractivity contribution in [1.29, 1.82) is 0 Å². The molecule has 8 heteroatoms. The number of H-pyrrole nitrogens is 1. The molecule has 158 valence electrons. The number of carbonyl (C=O) groups excluding carboxylic acids is 1. The van der Waals surface area contributed by atoms with Gasteiger partial charge in [-0.2, -0.15) is 0 Å². The lowest BCUT2D eigenvalue weighted by atomic mass is 10.1. The zero-order chi connectivity index (χ0) is 21.8. The molecule has 0 fully saturated rings. The fourth-order valence-electron chi connectivity index (χ4n) is 3.38. The molecule has 1 unspecified atom stereocenters. The summed E-state index contributed by atoms with van der Waals surface area (Å²) in [5.74, 6) is -0.123. The van der Waals surface area contributed by atoms with Gasteiger partial charge >= 0.3 is 0 Å². The van der Waals surface area contributed by atoms with Gasteiger partial charge in [-0.05, 0) is 42.8 Å². The maximum absolute atomic E-state index is 12.8. The Labute approximate surface area is 179 Å². The van der Waals surface area contributed by atoms with Crippen molar-refractivity contribution in [3.8, 4) is 5.75 Å². The van der Waals surface area contributed by atoms with Crippen molar-refractivity contribution in [1.82, 2.24) is 20.3 Å². The van der Waals surface area contributed by atoms with Gasteiger partial charge in [0.2, 0.25) is 0 Å². The van der Waals surface area contributed by atoms with Crippen LogP contribution in [0.5, 0.6) is 5.75 Å². The normalized spacial score (nSPS) is 11.9. The molecular formula is C23H23N5O3. The number of benzene rings is 2. The maximum atomic E-state index is 12.8. The Kier molecular flexibility index (Phi) is 5.81. The first kappa shape index (κ1) is 20.4. The van der Waals surface area contributed by atoms with E-state index in [0.717, 1.165) is 33.5 Å². The van der Waals surface area contributed by atoms with E-state index in [1.807, 2.05) is 19.1 Å². The van der Waals surface area contributed by atoms with Gasteiger partial charge in [-0.25, -0.2) is 4.98 Å². The molecule has 0 aliphatic heterocycles. The number of nitrogens with zero attached hydrogens (tertiary/aromatic N) is 2. The number of hydrogen-bond donors (Lipinski definition) is 5. The van der Waals surface area contributed by atoms with Crippen molar-refractivity contribution in [2.75, 3.05) is 11.9 Å². The lowest BCUT2D eigenvalue weighted by Gasteiger charge is -2.16. The van der Waals surface area contributed by atoms with Crippen LogP contribution in [0.25, 0.3) is 10.9 Å². The van der Waals surface area contributed by atoms with Gasteiger partial charge in [-0.1, -0.05) is 6.07 Å². The largest absolute Gasteiger partial charge is 0.508 e. The standard InChI is InChI=1S/C23H23N5O3/c1-14-2-4-18(30)10-22(14)28-21-6-7-25-20-5-3-15(8-19(20)21)23(31)27-17(12-29)9-16-11-24-13-26-16/h2-8,10-11,13,17,29-30H,9,12H2,1H3,(H,24,26)(H,25,28)(H,27,31). The van der Waals surface area contributed by atoms with E-state index in [9.17, 15) is 15.0 Å². The third-order valence-electron chi connectivity index (χ3n) is 5.07. The molecule has 2 aromatic carbocycles. The van der Waals surface area contributed by atoms with Crippen LogP contribution >= 0.6 is 0 Å². The van der Waals surface area contributed by atoms with Crippen LogP contribution in [-0.4, -0.2) is 43.7 Å². The number of anilines is 2. The van der Waals surface area contributed by atoms with E-state index in [2.05, 4.69) is 25.6 Å². The van der Waals surface area contributed by atoms with Crippen molar-refractivity contribution in [3.05, 3.63) is 78.0 Å². The van der Waals surface area contributed by atoms with Gasteiger partial charge in [0.1, 0.15) is 5.75 Å². The maximum Gasteiger partial charge on any atom is 0.251 e. The number of aromatic amines is 1. The number of pyridine rings is 1. The number of aryl methyl sites for hydroxylation is 1. The van der Waals surface area contributed by atoms with Crippen molar-refractivity contribution in [2.24, 2.45) is 0 Å². The number of hydrogen-bond acceptors (Lipinski definition) is 6. The monoisotopic (exact) mass is 417 g/mol. The van der Waals surface area contributed by atoms with Gasteiger partial charge in [0.05, 0.1) is 24.5 Å². The molecule has 4 aromatic rings. The second-order valence-corrected chi connectivity index (χ2v) is 7.35. The van der Waals surface area contributed by atoms with E-state index in [1.165, 1.54) is 0 Å². The summed E-state index contributed by atoms with van der Waals surface area (Å²) in [5, 5.41) is 26.4. The summed E-state index contributed by atoms with van der Waals surface area (Å²) in [6, 6.07) is 11.8. The van der Waals surface area contributed by atoms with Crippen molar-refractivity contribution >= 4 is 28.2 Å². The number of phenolic OH excluding ortho intramolecular Hbond substituents is 1. The molecule has 2 heterocycles. The van der Waals surface area contributed by atoms with Crippen LogP contribution in [-0.2, 0) is 6.42 Å². The molecule has 1 atom stereocenters. The summed E-state index contributed by atoms with van der Waals surface area (Å²) < 4.78 is 0. The zero-order valence-corrected chi connectivity index (χ0v) is 17.0. The minimum Gasteiger partial charge on any atom is -0.508 e. The average Bonchev–Trinajstić information content (AvgIpc) is 3.28. The van der Waals surface area contributed by atoms with Crippen LogP contribution in [0.1, 0.15) is 21.6 Å². The number of fused-ring (bicyclic) bond motifs is 1. The number of nitrogens with one attached hydrogen (secondary N) is 3. The molecule has 2 aromatic heterocycles. The van der Waals surface area contributed by atoms with E-state index >= 15 is 0 Å². The molecule has 5 N–H and O–H groups in total. The van der Waals surface area contributed by atoms with Gasteiger partial charge in [0, 0.05) is 52.9 Å². The smallest absolute Gasteiger partial charge is 0.251 e. The number of carbonyl (C=O) groups is 1. The van der Waals surface area contributed by atoms with Crippen molar-refractivity contribution in [3.63, 3.8) is 0 Å². The summed E-state index contributed by atoms with van der Waals surface area (Å²) in [4.78, 5) is 24.1. The second-order valence-electron chi connectivity index (χ2n) is 7.35. The molecule has 4 rings (SSSR count). The van der Waals surface area contributed by atoms with E-state index < -0.39 is 6.04 Å². The number of aromatic nitrogens is 3. The fourth-order valence-corrected chi connectivity index (χ4v) is 3.38. The Bertz CT molecular complexity index is 1210. The highest BCUT2D eigenvalue weighted by molar-refractivity contribution is 6.01. The van der Waals surface area contributed by atoms with Crippen molar-refractivity contribution < 1.29 is 15.0 Å². The number of phenols is 1. The first-order valence-electron chi connectivity index (χ1n) is 9.88. The van der Waals surface area contributed by atoms with Crippen molar-refractivity contribution in [2.45, 2.75) is 19.4 Å². The molecular weight excluding hydrogens is 394 g/mol. The number of aliphatic hydroxyl groups excluding tert-OH is 1. The number of aliphatic hydroxyl groups is 1. The number of rotatable bonds is 7. The highest BCUT2D eigenvalue weighted by Crippen LogP contribution is 2.29. The second kappa shape index (κ2) is 8.85. The number of imidazole rings is 1. The third kappa shape index (κ3) is 4.65. The van der Waals surface area contributed by atoms with Crippen LogP contribution in [0.3, 0.4) is 0 Å². The van der Waals surface area contributed by atoms with Crippen LogP contribution in [0.15, 0.2) is 61.2 Å². The molecule has 0 radical (unpaired) electrons. The van der Waals surface area contributed by atoms with Gasteiger partial charge in [-0.15, -0.1) is 0 Å². The third-order valence-corrected chi connectivity index (χ3v) is 5.07. The van der Waals surface area contributed by atoms with E-state index in [-0.39, 0.29) is 18.3 Å². The SMILES string of the molecule is Cc1ccc(O)cc1Nc1ccnc2ccc(C(=O)NC(CO)Cc3cnc[nH]3)cc12. The van der Waals surface area contributed by atoms with E-state index in [0.29, 0.717) is 12.0 Å². The summed E-state index contributed by atoms with van der Waals surface area (Å²) in [5.41, 5.74) is 4.53. The summed E-state index contributed by atoms with van der Waals surface area (Å²) in [7, 11) is 0. The average molecular weight is 417 g/mol.